The van der Waals surface area contributed by atoms with Crippen LogP contribution in [0.1, 0.15) is 19.3 Å². The van der Waals surface area contributed by atoms with Crippen LogP contribution in [0, 0.1) is 5.92 Å². The van der Waals surface area contributed by atoms with E-state index in [2.05, 4.69) is 17.5 Å². The molecule has 2 rings (SSSR count). The second-order valence-corrected chi connectivity index (χ2v) is 4.38. The maximum atomic E-state index is 5.72. The van der Waals surface area contributed by atoms with Crippen molar-refractivity contribution >= 4 is 0 Å². The van der Waals surface area contributed by atoms with Gasteiger partial charge in [0.15, 0.2) is 0 Å². The zero-order valence-electron chi connectivity index (χ0n) is 8.61. The SMILES string of the molecule is NC1CC(CNCC2C=CCCO2)C1. The van der Waals surface area contributed by atoms with E-state index in [1.54, 1.807) is 0 Å². The Bertz CT molecular complexity index is 199. The smallest absolute Gasteiger partial charge is 0.0880 e. The second-order valence-electron chi connectivity index (χ2n) is 4.38. The van der Waals surface area contributed by atoms with Crippen molar-refractivity contribution in [1.82, 2.24) is 5.32 Å². The molecule has 2 aliphatic rings. The van der Waals surface area contributed by atoms with Gasteiger partial charge in [0.2, 0.25) is 0 Å². The van der Waals surface area contributed by atoms with Crippen LogP contribution in [-0.2, 0) is 4.74 Å². The van der Waals surface area contributed by atoms with Crippen LogP contribution in [0.3, 0.4) is 0 Å². The fourth-order valence-corrected chi connectivity index (χ4v) is 2.10. The summed E-state index contributed by atoms with van der Waals surface area (Å²) in [4.78, 5) is 0. The van der Waals surface area contributed by atoms with E-state index in [9.17, 15) is 0 Å². The summed E-state index contributed by atoms with van der Waals surface area (Å²) in [6.07, 6.45) is 8.09. The van der Waals surface area contributed by atoms with Gasteiger partial charge in [-0.2, -0.15) is 0 Å². The predicted octanol–water partition coefficient (Wildman–Crippen LogP) is 0.658. The summed E-state index contributed by atoms with van der Waals surface area (Å²) >= 11 is 0. The molecule has 0 spiro atoms. The Labute approximate surface area is 85.7 Å². The first-order chi connectivity index (χ1) is 6.84. The van der Waals surface area contributed by atoms with Crippen molar-refractivity contribution in [3.8, 4) is 0 Å². The van der Waals surface area contributed by atoms with E-state index in [1.807, 2.05) is 0 Å². The summed E-state index contributed by atoms with van der Waals surface area (Å²) in [6, 6.07) is 0.465. The number of nitrogens with one attached hydrogen (secondary N) is 1. The van der Waals surface area contributed by atoms with Crippen LogP contribution in [-0.4, -0.2) is 31.8 Å². The summed E-state index contributed by atoms with van der Waals surface area (Å²) < 4.78 is 5.56. The Morgan fingerprint density at radius 3 is 2.86 bits per heavy atom. The molecular formula is C11H20N2O. The summed E-state index contributed by atoms with van der Waals surface area (Å²) in [7, 11) is 0. The molecule has 1 heterocycles. The van der Waals surface area contributed by atoms with Gasteiger partial charge < -0.3 is 15.8 Å². The Hall–Kier alpha value is -0.380. The minimum absolute atomic E-state index is 0.289. The topological polar surface area (TPSA) is 47.3 Å². The van der Waals surface area contributed by atoms with Gasteiger partial charge in [-0.3, -0.25) is 0 Å². The van der Waals surface area contributed by atoms with E-state index < -0.39 is 0 Å². The van der Waals surface area contributed by atoms with Gasteiger partial charge >= 0.3 is 0 Å². The largest absolute Gasteiger partial charge is 0.373 e. The first-order valence-corrected chi connectivity index (χ1v) is 5.59. The minimum Gasteiger partial charge on any atom is -0.373 e. The van der Waals surface area contributed by atoms with Crippen molar-refractivity contribution in [2.24, 2.45) is 11.7 Å². The third-order valence-electron chi connectivity index (χ3n) is 3.02. The van der Waals surface area contributed by atoms with Crippen molar-refractivity contribution in [3.63, 3.8) is 0 Å². The molecule has 1 saturated carbocycles. The van der Waals surface area contributed by atoms with E-state index in [4.69, 9.17) is 10.5 Å². The number of rotatable bonds is 4. The van der Waals surface area contributed by atoms with Gasteiger partial charge in [0.1, 0.15) is 0 Å². The average Bonchev–Trinajstić information content (AvgIpc) is 2.17. The fourth-order valence-electron chi connectivity index (χ4n) is 2.10. The highest BCUT2D eigenvalue weighted by Crippen LogP contribution is 2.24. The Morgan fingerprint density at radius 2 is 2.21 bits per heavy atom. The van der Waals surface area contributed by atoms with Crippen LogP contribution in [0.15, 0.2) is 12.2 Å². The zero-order chi connectivity index (χ0) is 9.80. The van der Waals surface area contributed by atoms with Crippen molar-refractivity contribution in [2.45, 2.75) is 31.4 Å². The van der Waals surface area contributed by atoms with Gasteiger partial charge in [-0.25, -0.2) is 0 Å². The molecule has 0 bridgehead atoms. The van der Waals surface area contributed by atoms with Crippen LogP contribution in [0.4, 0.5) is 0 Å². The molecule has 3 nitrogen and oxygen atoms in total. The fraction of sp³-hybridized carbons (Fsp3) is 0.818. The first kappa shape index (κ1) is 10.1. The molecule has 14 heavy (non-hydrogen) atoms. The number of ether oxygens (including phenoxy) is 1. The molecule has 0 aromatic carbocycles. The molecule has 0 amide bonds. The van der Waals surface area contributed by atoms with Crippen LogP contribution in [0.25, 0.3) is 0 Å². The van der Waals surface area contributed by atoms with E-state index >= 15 is 0 Å². The quantitative estimate of drug-likeness (QED) is 0.649. The summed E-state index contributed by atoms with van der Waals surface area (Å²) in [6.45, 7) is 2.92. The molecule has 0 aromatic rings. The predicted molar refractivity (Wildman–Crippen MR) is 57.1 cm³/mol. The highest BCUT2D eigenvalue weighted by atomic mass is 16.5. The third kappa shape index (κ3) is 2.80. The Morgan fingerprint density at radius 1 is 1.36 bits per heavy atom. The van der Waals surface area contributed by atoms with Crippen LogP contribution in [0.2, 0.25) is 0 Å². The maximum absolute atomic E-state index is 5.72. The van der Waals surface area contributed by atoms with Crippen LogP contribution < -0.4 is 11.1 Å². The minimum atomic E-state index is 0.289. The van der Waals surface area contributed by atoms with Crippen molar-refractivity contribution in [2.75, 3.05) is 19.7 Å². The normalized spacial score (nSPS) is 36.8. The molecule has 0 aromatic heterocycles. The average molecular weight is 196 g/mol. The number of nitrogens with two attached hydrogens (primary N) is 1. The third-order valence-corrected chi connectivity index (χ3v) is 3.02. The summed E-state index contributed by atoms with van der Waals surface area (Å²) in [5.41, 5.74) is 5.72. The highest BCUT2D eigenvalue weighted by Gasteiger charge is 2.25. The van der Waals surface area contributed by atoms with Crippen molar-refractivity contribution < 1.29 is 4.74 Å². The molecule has 0 radical (unpaired) electrons. The van der Waals surface area contributed by atoms with Gasteiger partial charge in [-0.1, -0.05) is 12.2 Å². The molecule has 3 N–H and O–H groups in total. The van der Waals surface area contributed by atoms with Crippen LogP contribution in [0.5, 0.6) is 0 Å². The second kappa shape index (κ2) is 4.91. The molecule has 0 saturated heterocycles. The standard InChI is InChI=1S/C11H20N2O/c12-10-5-9(6-10)7-13-8-11-3-1-2-4-14-11/h1,3,9-11,13H,2,4-8,12H2. The Kier molecular flexibility index (Phi) is 3.56. The lowest BCUT2D eigenvalue weighted by Gasteiger charge is -2.33. The molecule has 1 aliphatic carbocycles. The van der Waals surface area contributed by atoms with Gasteiger partial charge in [-0.15, -0.1) is 0 Å². The van der Waals surface area contributed by atoms with E-state index in [1.165, 1.54) is 12.8 Å². The molecule has 1 fully saturated rings. The molecule has 3 heteroatoms. The molecule has 80 valence electrons. The van der Waals surface area contributed by atoms with Crippen molar-refractivity contribution in [1.29, 1.82) is 0 Å². The molecule has 1 atom stereocenters. The van der Waals surface area contributed by atoms with E-state index in [0.29, 0.717) is 6.04 Å². The zero-order valence-corrected chi connectivity index (χ0v) is 8.61. The first-order valence-electron chi connectivity index (χ1n) is 5.59. The van der Waals surface area contributed by atoms with Gasteiger partial charge in [0, 0.05) is 12.6 Å². The molecule has 1 unspecified atom stereocenters. The lowest BCUT2D eigenvalue weighted by molar-refractivity contribution is 0.0777. The van der Waals surface area contributed by atoms with Crippen LogP contribution >= 0.6 is 0 Å². The molecule has 1 aliphatic heterocycles. The highest BCUT2D eigenvalue weighted by molar-refractivity contribution is 4.94. The number of hydrogen-bond acceptors (Lipinski definition) is 3. The maximum Gasteiger partial charge on any atom is 0.0880 e. The van der Waals surface area contributed by atoms with Crippen molar-refractivity contribution in [3.05, 3.63) is 12.2 Å². The van der Waals surface area contributed by atoms with E-state index in [0.717, 1.165) is 32.0 Å². The Balaban J connectivity index is 1.54. The summed E-state index contributed by atoms with van der Waals surface area (Å²) in [5.74, 6) is 0.803. The lowest BCUT2D eigenvalue weighted by atomic mass is 9.81. The van der Waals surface area contributed by atoms with Gasteiger partial charge in [0.05, 0.1) is 12.7 Å². The van der Waals surface area contributed by atoms with Gasteiger partial charge in [-0.05, 0) is 31.7 Å². The van der Waals surface area contributed by atoms with Gasteiger partial charge in [0.25, 0.3) is 0 Å². The monoisotopic (exact) mass is 196 g/mol. The van der Waals surface area contributed by atoms with E-state index in [-0.39, 0.29) is 6.10 Å². The lowest BCUT2D eigenvalue weighted by Crippen LogP contribution is -2.42. The summed E-state index contributed by atoms with van der Waals surface area (Å²) in [5, 5.41) is 3.45. The number of hydrogen-bond donors (Lipinski definition) is 2. The molecular weight excluding hydrogens is 176 g/mol.